The molecular weight excluding hydrogens is 490 g/mol. The van der Waals surface area contributed by atoms with Crippen LogP contribution in [-0.2, 0) is 13.0 Å². The van der Waals surface area contributed by atoms with Gasteiger partial charge in [0.25, 0.3) is 5.91 Å². The SMILES string of the molecule is Cc1ccc(CN2CCc3ccc(N4CCN(CCC(c5ccccc5)c5ccccc5)CC4)cc3C2=O)cc1. The van der Waals surface area contributed by atoms with Crippen molar-refractivity contribution in [3.05, 3.63) is 137 Å². The lowest BCUT2D eigenvalue weighted by atomic mass is 9.88. The highest BCUT2D eigenvalue weighted by Gasteiger charge is 2.26. The number of carbonyl (C=O) groups excluding carboxylic acids is 1. The Labute approximate surface area is 238 Å². The molecule has 0 unspecified atom stereocenters. The predicted octanol–water partition coefficient (Wildman–Crippen LogP) is 6.54. The van der Waals surface area contributed by atoms with E-state index in [1.807, 2.05) is 4.90 Å². The second-order valence-electron chi connectivity index (χ2n) is 11.3. The normalized spacial score (nSPS) is 15.9. The Hall–Kier alpha value is -3.89. The van der Waals surface area contributed by atoms with Gasteiger partial charge in [-0.3, -0.25) is 9.69 Å². The fourth-order valence-electron chi connectivity index (χ4n) is 6.21. The van der Waals surface area contributed by atoms with Gasteiger partial charge in [0.2, 0.25) is 0 Å². The monoisotopic (exact) mass is 529 g/mol. The fraction of sp³-hybridized carbons (Fsp3) is 0.306. The summed E-state index contributed by atoms with van der Waals surface area (Å²) < 4.78 is 0. The zero-order valence-corrected chi connectivity index (χ0v) is 23.5. The first-order valence-electron chi connectivity index (χ1n) is 14.7. The van der Waals surface area contributed by atoms with Crippen LogP contribution < -0.4 is 4.90 Å². The van der Waals surface area contributed by atoms with Crippen LogP contribution >= 0.6 is 0 Å². The number of aryl methyl sites for hydroxylation is 1. The Balaban J connectivity index is 1.07. The molecule has 4 aromatic carbocycles. The Kier molecular flexibility index (Phi) is 7.97. The zero-order valence-electron chi connectivity index (χ0n) is 23.5. The van der Waals surface area contributed by atoms with E-state index >= 15 is 0 Å². The molecule has 2 aliphatic rings. The topological polar surface area (TPSA) is 26.8 Å². The number of anilines is 1. The van der Waals surface area contributed by atoms with Crippen LogP contribution in [0.4, 0.5) is 5.69 Å². The summed E-state index contributed by atoms with van der Waals surface area (Å²) in [5.41, 5.74) is 8.46. The van der Waals surface area contributed by atoms with Crippen LogP contribution in [0.5, 0.6) is 0 Å². The Morgan fingerprint density at radius 2 is 1.38 bits per heavy atom. The van der Waals surface area contributed by atoms with Gasteiger partial charge >= 0.3 is 0 Å². The van der Waals surface area contributed by atoms with E-state index in [-0.39, 0.29) is 5.91 Å². The van der Waals surface area contributed by atoms with E-state index in [1.165, 1.54) is 33.5 Å². The molecule has 0 N–H and O–H groups in total. The van der Waals surface area contributed by atoms with Gasteiger partial charge in [0.1, 0.15) is 0 Å². The molecule has 2 aliphatic heterocycles. The molecule has 0 aliphatic carbocycles. The van der Waals surface area contributed by atoms with Crippen LogP contribution in [0.2, 0.25) is 0 Å². The first kappa shape index (κ1) is 26.3. The molecule has 2 heterocycles. The van der Waals surface area contributed by atoms with Gasteiger partial charge < -0.3 is 9.80 Å². The van der Waals surface area contributed by atoms with Crippen molar-refractivity contribution < 1.29 is 4.79 Å². The molecule has 40 heavy (non-hydrogen) atoms. The molecule has 0 spiro atoms. The molecule has 0 aromatic heterocycles. The molecule has 4 heteroatoms. The molecule has 4 nitrogen and oxygen atoms in total. The average Bonchev–Trinajstić information content (AvgIpc) is 3.01. The van der Waals surface area contributed by atoms with Crippen LogP contribution in [-0.4, -0.2) is 55.0 Å². The zero-order chi connectivity index (χ0) is 27.3. The Morgan fingerprint density at radius 1 is 0.725 bits per heavy atom. The highest BCUT2D eigenvalue weighted by Crippen LogP contribution is 2.29. The van der Waals surface area contributed by atoms with Crippen LogP contribution in [0.3, 0.4) is 0 Å². The second kappa shape index (κ2) is 12.1. The number of hydrogen-bond donors (Lipinski definition) is 0. The van der Waals surface area contributed by atoms with Crippen molar-refractivity contribution in [2.45, 2.75) is 32.2 Å². The third-order valence-electron chi connectivity index (χ3n) is 8.63. The maximum absolute atomic E-state index is 13.5. The van der Waals surface area contributed by atoms with Crippen molar-refractivity contribution in [1.29, 1.82) is 0 Å². The molecule has 0 saturated carbocycles. The summed E-state index contributed by atoms with van der Waals surface area (Å²) in [5.74, 6) is 0.574. The van der Waals surface area contributed by atoms with Gasteiger partial charge in [0.15, 0.2) is 0 Å². The highest BCUT2D eigenvalue weighted by atomic mass is 16.2. The third kappa shape index (κ3) is 5.97. The van der Waals surface area contributed by atoms with Gasteiger partial charge in [-0.25, -0.2) is 0 Å². The minimum absolute atomic E-state index is 0.162. The van der Waals surface area contributed by atoms with Crippen LogP contribution in [0.15, 0.2) is 103 Å². The third-order valence-corrected chi connectivity index (χ3v) is 8.63. The minimum Gasteiger partial charge on any atom is -0.369 e. The largest absolute Gasteiger partial charge is 0.369 e. The second-order valence-corrected chi connectivity index (χ2v) is 11.3. The lowest BCUT2D eigenvalue weighted by molar-refractivity contribution is 0.0727. The minimum atomic E-state index is 0.162. The summed E-state index contributed by atoms with van der Waals surface area (Å²) in [6.07, 6.45) is 2.03. The lowest BCUT2D eigenvalue weighted by Crippen LogP contribution is -2.47. The van der Waals surface area contributed by atoms with Gasteiger partial charge in [-0.05, 0) is 60.7 Å². The average molecular weight is 530 g/mol. The number of carbonyl (C=O) groups is 1. The summed E-state index contributed by atoms with van der Waals surface area (Å²) in [7, 11) is 0. The van der Waals surface area contributed by atoms with Crippen molar-refractivity contribution in [3.63, 3.8) is 0 Å². The first-order chi connectivity index (χ1) is 19.6. The van der Waals surface area contributed by atoms with E-state index in [1.54, 1.807) is 0 Å². The summed E-state index contributed by atoms with van der Waals surface area (Å²) in [6, 6.07) is 36.9. The van der Waals surface area contributed by atoms with Gasteiger partial charge in [-0.2, -0.15) is 0 Å². The maximum atomic E-state index is 13.5. The van der Waals surface area contributed by atoms with Crippen LogP contribution in [0.25, 0.3) is 0 Å². The van der Waals surface area contributed by atoms with Gasteiger partial charge in [-0.1, -0.05) is 96.6 Å². The quantitative estimate of drug-likeness (QED) is 0.259. The highest BCUT2D eigenvalue weighted by molar-refractivity contribution is 5.97. The summed E-state index contributed by atoms with van der Waals surface area (Å²) >= 11 is 0. The van der Waals surface area contributed by atoms with Crippen molar-refractivity contribution in [3.8, 4) is 0 Å². The van der Waals surface area contributed by atoms with Crippen molar-refractivity contribution in [1.82, 2.24) is 9.80 Å². The molecule has 4 aromatic rings. The molecule has 1 fully saturated rings. The van der Waals surface area contributed by atoms with Crippen molar-refractivity contribution in [2.75, 3.05) is 44.2 Å². The number of benzene rings is 4. The number of rotatable bonds is 8. The van der Waals surface area contributed by atoms with E-state index in [0.29, 0.717) is 12.5 Å². The molecule has 0 radical (unpaired) electrons. The van der Waals surface area contributed by atoms with Gasteiger partial charge in [0.05, 0.1) is 0 Å². The molecule has 204 valence electrons. The standard InChI is InChI=1S/C36H39N3O/c1-28-12-14-29(15-13-28)27-39-21-18-32-16-17-33(26-35(32)36(39)40)38-24-22-37(23-25-38)20-19-34(30-8-4-2-5-9-30)31-10-6-3-7-11-31/h2-17,26,34H,18-25,27H2,1H3. The predicted molar refractivity (Wildman–Crippen MR) is 164 cm³/mol. The molecule has 6 rings (SSSR count). The first-order valence-corrected chi connectivity index (χ1v) is 14.7. The van der Waals surface area contributed by atoms with Gasteiger partial charge in [0, 0.05) is 56.4 Å². The summed E-state index contributed by atoms with van der Waals surface area (Å²) in [4.78, 5) is 20.5. The Morgan fingerprint density at radius 3 is 2.02 bits per heavy atom. The van der Waals surface area contributed by atoms with Crippen LogP contribution in [0, 0.1) is 6.92 Å². The molecule has 0 atom stereocenters. The Bertz CT molecular complexity index is 1370. The van der Waals surface area contributed by atoms with Gasteiger partial charge in [-0.15, -0.1) is 0 Å². The number of nitrogens with zero attached hydrogens (tertiary/aromatic N) is 3. The van der Waals surface area contributed by atoms with E-state index < -0.39 is 0 Å². The van der Waals surface area contributed by atoms with E-state index in [9.17, 15) is 4.79 Å². The van der Waals surface area contributed by atoms with E-state index in [4.69, 9.17) is 0 Å². The van der Waals surface area contributed by atoms with Crippen molar-refractivity contribution in [2.24, 2.45) is 0 Å². The number of piperazine rings is 1. The van der Waals surface area contributed by atoms with E-state index in [0.717, 1.165) is 57.7 Å². The number of fused-ring (bicyclic) bond motifs is 1. The maximum Gasteiger partial charge on any atom is 0.254 e. The molecule has 1 saturated heterocycles. The lowest BCUT2D eigenvalue weighted by Gasteiger charge is -2.37. The fourth-order valence-corrected chi connectivity index (χ4v) is 6.21. The number of amides is 1. The van der Waals surface area contributed by atoms with Crippen LogP contribution in [0.1, 0.15) is 50.5 Å². The van der Waals surface area contributed by atoms with E-state index in [2.05, 4.69) is 120 Å². The summed E-state index contributed by atoms with van der Waals surface area (Å²) in [5, 5.41) is 0. The summed E-state index contributed by atoms with van der Waals surface area (Å²) in [6.45, 7) is 8.70. The molecular formula is C36H39N3O. The smallest absolute Gasteiger partial charge is 0.254 e. The number of hydrogen-bond acceptors (Lipinski definition) is 3. The van der Waals surface area contributed by atoms with Crippen molar-refractivity contribution >= 4 is 11.6 Å². The molecule has 0 bridgehead atoms. The molecule has 1 amide bonds.